The van der Waals surface area contributed by atoms with Crippen LogP contribution in [0.2, 0.25) is 5.02 Å². The molecule has 0 heterocycles. The quantitative estimate of drug-likeness (QED) is 0.581. The van der Waals surface area contributed by atoms with Gasteiger partial charge in [-0.3, -0.25) is 9.59 Å². The molecule has 2 aromatic carbocycles. The maximum atomic E-state index is 12.3. The molecule has 1 atom stereocenters. The van der Waals surface area contributed by atoms with E-state index in [1.807, 2.05) is 49.4 Å². The Bertz CT molecular complexity index is 734. The van der Waals surface area contributed by atoms with Gasteiger partial charge in [0.15, 0.2) is 0 Å². The molecular formula is C19H20ClNO3S. The van der Waals surface area contributed by atoms with Gasteiger partial charge in [0.05, 0.1) is 30.3 Å². The number of nitrogens with one attached hydrogen (secondary N) is 1. The van der Waals surface area contributed by atoms with Crippen LogP contribution in [-0.2, 0) is 14.3 Å². The maximum absolute atomic E-state index is 12.3. The van der Waals surface area contributed by atoms with Crippen LogP contribution >= 0.6 is 23.4 Å². The molecule has 0 radical (unpaired) electrons. The zero-order chi connectivity index (χ0) is 18.2. The lowest BCUT2D eigenvalue weighted by Gasteiger charge is -2.18. The van der Waals surface area contributed by atoms with Crippen molar-refractivity contribution in [3.63, 3.8) is 0 Å². The number of thioether (sulfide) groups is 1. The molecule has 4 nitrogen and oxygen atoms in total. The molecule has 0 fully saturated rings. The van der Waals surface area contributed by atoms with Crippen molar-refractivity contribution in [1.82, 2.24) is 5.32 Å². The number of carbonyl (C=O) groups is 2. The van der Waals surface area contributed by atoms with E-state index >= 15 is 0 Å². The number of carbonyl (C=O) groups excluding carboxylic acids is 2. The monoisotopic (exact) mass is 377 g/mol. The first kappa shape index (κ1) is 19.3. The largest absolute Gasteiger partial charge is 0.469 e. The van der Waals surface area contributed by atoms with Crippen molar-refractivity contribution in [2.24, 2.45) is 0 Å². The van der Waals surface area contributed by atoms with Crippen molar-refractivity contribution >= 4 is 35.2 Å². The molecule has 1 N–H and O–H groups in total. The fourth-order valence-corrected chi connectivity index (χ4v) is 3.29. The highest BCUT2D eigenvalue weighted by Crippen LogP contribution is 2.26. The smallest absolute Gasteiger partial charge is 0.307 e. The highest BCUT2D eigenvalue weighted by Gasteiger charge is 2.19. The number of benzene rings is 2. The Morgan fingerprint density at radius 1 is 1.16 bits per heavy atom. The Kier molecular flexibility index (Phi) is 7.34. The van der Waals surface area contributed by atoms with Gasteiger partial charge < -0.3 is 10.1 Å². The Labute approximate surface area is 156 Å². The summed E-state index contributed by atoms with van der Waals surface area (Å²) in [5.41, 5.74) is 1.98. The lowest BCUT2D eigenvalue weighted by Crippen LogP contribution is -2.31. The SMILES string of the molecule is COC(=O)CC(NC(=O)CSc1ccccc1Cl)c1ccc(C)cc1. The summed E-state index contributed by atoms with van der Waals surface area (Å²) in [5, 5.41) is 3.52. The Morgan fingerprint density at radius 3 is 2.48 bits per heavy atom. The van der Waals surface area contributed by atoms with Gasteiger partial charge >= 0.3 is 5.97 Å². The van der Waals surface area contributed by atoms with Crippen molar-refractivity contribution in [2.75, 3.05) is 12.9 Å². The van der Waals surface area contributed by atoms with Gasteiger partial charge in [0.1, 0.15) is 0 Å². The highest BCUT2D eigenvalue weighted by atomic mass is 35.5. The summed E-state index contributed by atoms with van der Waals surface area (Å²) in [6.07, 6.45) is 0.0854. The number of ether oxygens (including phenoxy) is 1. The van der Waals surface area contributed by atoms with E-state index in [-0.39, 0.29) is 24.1 Å². The van der Waals surface area contributed by atoms with E-state index in [0.717, 1.165) is 16.0 Å². The van der Waals surface area contributed by atoms with E-state index in [4.69, 9.17) is 16.3 Å². The van der Waals surface area contributed by atoms with Gasteiger partial charge in [-0.15, -0.1) is 11.8 Å². The third-order valence-corrected chi connectivity index (χ3v) is 5.12. The van der Waals surface area contributed by atoms with E-state index in [1.165, 1.54) is 18.9 Å². The van der Waals surface area contributed by atoms with Crippen molar-refractivity contribution < 1.29 is 14.3 Å². The van der Waals surface area contributed by atoms with Crippen molar-refractivity contribution in [1.29, 1.82) is 0 Å². The van der Waals surface area contributed by atoms with Gasteiger partial charge in [-0.1, -0.05) is 53.6 Å². The Balaban J connectivity index is 2.02. The minimum Gasteiger partial charge on any atom is -0.469 e. The third-order valence-electron chi connectivity index (χ3n) is 3.61. The van der Waals surface area contributed by atoms with E-state index in [0.29, 0.717) is 5.02 Å². The van der Waals surface area contributed by atoms with Crippen LogP contribution < -0.4 is 5.32 Å². The molecule has 1 amide bonds. The zero-order valence-electron chi connectivity index (χ0n) is 14.1. The average Bonchev–Trinajstić information content (AvgIpc) is 2.61. The minimum absolute atomic E-state index is 0.0854. The second-order valence-corrected chi connectivity index (χ2v) is 6.95. The normalized spacial score (nSPS) is 11.6. The minimum atomic E-state index is -0.424. The van der Waals surface area contributed by atoms with Crippen LogP contribution in [0.1, 0.15) is 23.6 Å². The summed E-state index contributed by atoms with van der Waals surface area (Å²) in [7, 11) is 1.34. The predicted molar refractivity (Wildman–Crippen MR) is 101 cm³/mol. The Hall–Kier alpha value is -1.98. The second-order valence-electron chi connectivity index (χ2n) is 5.53. The lowest BCUT2D eigenvalue weighted by atomic mass is 10.0. The highest BCUT2D eigenvalue weighted by molar-refractivity contribution is 8.00. The molecule has 0 bridgehead atoms. The molecule has 0 aromatic heterocycles. The fraction of sp³-hybridized carbons (Fsp3) is 0.263. The summed E-state index contributed by atoms with van der Waals surface area (Å²) in [6.45, 7) is 1.98. The molecule has 0 aliphatic carbocycles. The van der Waals surface area contributed by atoms with Crippen LogP contribution in [0.5, 0.6) is 0 Å². The Morgan fingerprint density at radius 2 is 1.84 bits per heavy atom. The van der Waals surface area contributed by atoms with Crippen LogP contribution in [0.15, 0.2) is 53.4 Å². The molecule has 2 aromatic rings. The van der Waals surface area contributed by atoms with E-state index in [9.17, 15) is 9.59 Å². The summed E-state index contributed by atoms with van der Waals surface area (Å²) in [6, 6.07) is 14.7. The molecule has 25 heavy (non-hydrogen) atoms. The molecule has 2 rings (SSSR count). The summed E-state index contributed by atoms with van der Waals surface area (Å²) < 4.78 is 4.74. The van der Waals surface area contributed by atoms with Crippen LogP contribution in [0.25, 0.3) is 0 Å². The number of amides is 1. The molecule has 0 saturated heterocycles. The predicted octanol–water partition coefficient (Wildman–Crippen LogP) is 4.16. The number of halogens is 1. The average molecular weight is 378 g/mol. The number of rotatable bonds is 7. The van der Waals surface area contributed by atoms with Crippen LogP contribution in [0.4, 0.5) is 0 Å². The van der Waals surface area contributed by atoms with Gasteiger partial charge in [-0.05, 0) is 24.6 Å². The number of esters is 1. The third kappa shape index (κ3) is 6.11. The van der Waals surface area contributed by atoms with E-state index in [2.05, 4.69) is 5.32 Å². The molecule has 132 valence electrons. The molecule has 0 aliphatic heterocycles. The van der Waals surface area contributed by atoms with Gasteiger partial charge in [-0.25, -0.2) is 0 Å². The van der Waals surface area contributed by atoms with Gasteiger partial charge in [0.25, 0.3) is 0 Å². The van der Waals surface area contributed by atoms with Gasteiger partial charge in [-0.2, -0.15) is 0 Å². The number of hydrogen-bond acceptors (Lipinski definition) is 4. The first-order valence-corrected chi connectivity index (χ1v) is 9.16. The van der Waals surface area contributed by atoms with Crippen molar-refractivity contribution in [3.8, 4) is 0 Å². The number of aryl methyl sites for hydroxylation is 1. The van der Waals surface area contributed by atoms with E-state index in [1.54, 1.807) is 6.07 Å². The molecule has 0 saturated carbocycles. The standard InChI is InChI=1S/C19H20ClNO3S/c1-13-7-9-14(10-8-13)16(11-19(23)24-2)21-18(22)12-25-17-6-4-3-5-15(17)20/h3-10,16H,11-12H2,1-2H3,(H,21,22). The molecule has 1 unspecified atom stereocenters. The van der Waals surface area contributed by atoms with Crippen LogP contribution in [0, 0.1) is 6.92 Å². The van der Waals surface area contributed by atoms with Gasteiger partial charge in [0, 0.05) is 4.90 Å². The fourth-order valence-electron chi connectivity index (χ4n) is 2.24. The molecule has 0 aliphatic rings. The van der Waals surface area contributed by atoms with Crippen LogP contribution in [-0.4, -0.2) is 24.7 Å². The van der Waals surface area contributed by atoms with Gasteiger partial charge in [0.2, 0.25) is 5.91 Å². The van der Waals surface area contributed by atoms with Crippen molar-refractivity contribution in [3.05, 3.63) is 64.7 Å². The van der Waals surface area contributed by atoms with Crippen LogP contribution in [0.3, 0.4) is 0 Å². The summed E-state index contributed by atoms with van der Waals surface area (Å²) >= 11 is 7.46. The molecule has 6 heteroatoms. The lowest BCUT2D eigenvalue weighted by molar-refractivity contribution is -0.141. The topological polar surface area (TPSA) is 55.4 Å². The first-order chi connectivity index (χ1) is 12.0. The molecule has 0 spiro atoms. The van der Waals surface area contributed by atoms with E-state index < -0.39 is 6.04 Å². The summed E-state index contributed by atoms with van der Waals surface area (Å²) in [4.78, 5) is 24.8. The first-order valence-electron chi connectivity index (χ1n) is 7.79. The summed E-state index contributed by atoms with van der Waals surface area (Å²) in [5.74, 6) is -0.322. The molecular weight excluding hydrogens is 358 g/mol. The number of methoxy groups -OCH3 is 1. The second kappa shape index (κ2) is 9.49. The zero-order valence-corrected chi connectivity index (χ0v) is 15.7. The maximum Gasteiger partial charge on any atom is 0.307 e. The van der Waals surface area contributed by atoms with Crippen molar-refractivity contribution in [2.45, 2.75) is 24.3 Å². The number of hydrogen-bond donors (Lipinski definition) is 1.